The lowest BCUT2D eigenvalue weighted by atomic mass is 9.86. The summed E-state index contributed by atoms with van der Waals surface area (Å²) in [6.45, 7) is 0.587. The summed E-state index contributed by atoms with van der Waals surface area (Å²) in [4.78, 5) is 58.4. The molecule has 7 rings (SSSR count). The van der Waals surface area contributed by atoms with E-state index in [1.54, 1.807) is 6.07 Å². The van der Waals surface area contributed by atoms with Gasteiger partial charge in [-0.3, -0.25) is 18.4 Å². The molecule has 3 aliphatic rings. The summed E-state index contributed by atoms with van der Waals surface area (Å²) in [6.07, 6.45) is -5.11. The fourth-order valence-corrected chi connectivity index (χ4v) is 7.26. The quantitative estimate of drug-likeness (QED) is 0.140. The van der Waals surface area contributed by atoms with E-state index in [9.17, 15) is 34.1 Å². The minimum atomic E-state index is -5.17. The van der Waals surface area contributed by atoms with Crippen molar-refractivity contribution >= 4 is 30.5 Å². The van der Waals surface area contributed by atoms with Crippen molar-refractivity contribution < 1.29 is 43.0 Å². The summed E-state index contributed by atoms with van der Waals surface area (Å²) >= 11 is 0. The molecule has 1 fully saturated rings. The van der Waals surface area contributed by atoms with E-state index in [0.29, 0.717) is 16.9 Å². The fraction of sp³-hybridized carbons (Fsp3) is 0.345. The SMILES string of the molecule is CCC1(OP(=O)(O)OCC2OC(n3ccc(N)nc3=O)C(O)C2O)C(=O)OCc2c1cc1n(c2=O)Cc2cc3ccccc3nc2-1. The highest BCUT2D eigenvalue weighted by Gasteiger charge is 2.53. The third kappa shape index (κ3) is 4.77. The number of benzene rings is 1. The molecule has 3 aromatic heterocycles. The van der Waals surface area contributed by atoms with Gasteiger partial charge in [0.1, 0.15) is 30.7 Å². The minimum absolute atomic E-state index is 0.0473. The van der Waals surface area contributed by atoms with Gasteiger partial charge in [0.15, 0.2) is 6.23 Å². The molecule has 4 aromatic rings. The van der Waals surface area contributed by atoms with E-state index in [-0.39, 0.29) is 36.5 Å². The second-order valence-electron chi connectivity index (χ2n) is 11.2. The second kappa shape index (κ2) is 10.9. The lowest BCUT2D eigenvalue weighted by molar-refractivity contribution is -0.171. The number of nitrogens with two attached hydrogens (primary N) is 1. The Hall–Kier alpha value is -4.28. The summed E-state index contributed by atoms with van der Waals surface area (Å²) < 4.78 is 37.4. The standard InChI is InChI=1S/C29H28N5O11P/c1-2-29(45-46(40,41)43-13-20-23(35)24(36)26(44-20)33-8-7-21(30)32-28(33)39)17-10-19-22-15(9-14-5-3-4-6-18(14)31-22)11-34(19)25(37)16(17)12-42-27(29)38/h3-10,20,23-24,26,35-36H,2,11-13H2,1H3,(H,40,41)(H2,30,32,39). The van der Waals surface area contributed by atoms with Gasteiger partial charge in [-0.1, -0.05) is 25.1 Å². The Labute approximate surface area is 259 Å². The van der Waals surface area contributed by atoms with E-state index in [4.69, 9.17) is 29.2 Å². The smallest absolute Gasteiger partial charge is 0.458 e. The molecule has 0 bridgehead atoms. The average molecular weight is 654 g/mol. The number of cyclic esters (lactones) is 1. The van der Waals surface area contributed by atoms with Gasteiger partial charge in [-0.25, -0.2) is 19.1 Å². The van der Waals surface area contributed by atoms with E-state index in [1.165, 1.54) is 23.8 Å². The van der Waals surface area contributed by atoms with Gasteiger partial charge in [-0.2, -0.15) is 4.98 Å². The Morgan fingerprint density at radius 3 is 2.67 bits per heavy atom. The largest absolute Gasteiger partial charge is 0.473 e. The van der Waals surface area contributed by atoms with Gasteiger partial charge < -0.3 is 34.9 Å². The molecule has 16 nitrogen and oxygen atoms in total. The van der Waals surface area contributed by atoms with Gasteiger partial charge in [0, 0.05) is 22.7 Å². The van der Waals surface area contributed by atoms with Gasteiger partial charge >= 0.3 is 19.5 Å². The number of para-hydroxylation sites is 1. The second-order valence-corrected chi connectivity index (χ2v) is 12.6. The number of fused-ring (bicyclic) bond motifs is 5. The number of aromatic nitrogens is 4. The van der Waals surface area contributed by atoms with Crippen molar-refractivity contribution in [3.05, 3.63) is 86.2 Å². The number of ether oxygens (including phenoxy) is 2. The van der Waals surface area contributed by atoms with Crippen LogP contribution in [0.4, 0.5) is 5.82 Å². The monoisotopic (exact) mass is 653 g/mol. The third-order valence-corrected chi connectivity index (χ3v) is 9.54. The third-order valence-electron chi connectivity index (χ3n) is 8.52. The van der Waals surface area contributed by atoms with Crippen LogP contribution in [0.25, 0.3) is 22.3 Å². The van der Waals surface area contributed by atoms with E-state index in [1.807, 2.05) is 30.3 Å². The highest BCUT2D eigenvalue weighted by Crippen LogP contribution is 2.54. The van der Waals surface area contributed by atoms with Gasteiger partial charge in [-0.05, 0) is 30.7 Å². The highest BCUT2D eigenvalue weighted by atomic mass is 31.2. The van der Waals surface area contributed by atoms with E-state index in [0.717, 1.165) is 15.5 Å². The molecule has 3 aliphatic heterocycles. The molecule has 6 unspecified atom stereocenters. The van der Waals surface area contributed by atoms with Crippen molar-refractivity contribution in [2.24, 2.45) is 0 Å². The number of rotatable bonds is 7. The summed E-state index contributed by atoms with van der Waals surface area (Å²) in [5.74, 6) is -1.07. The first kappa shape index (κ1) is 30.4. The summed E-state index contributed by atoms with van der Waals surface area (Å²) in [6, 6.07) is 12.2. The van der Waals surface area contributed by atoms with E-state index >= 15 is 0 Å². The van der Waals surface area contributed by atoms with Gasteiger partial charge in [-0.15, -0.1) is 0 Å². The van der Waals surface area contributed by atoms with Crippen LogP contribution in [0.3, 0.4) is 0 Å². The predicted molar refractivity (Wildman–Crippen MR) is 158 cm³/mol. The number of phosphoric acid groups is 1. The number of aliphatic hydroxyl groups is 2. The van der Waals surface area contributed by atoms with Crippen molar-refractivity contribution in [1.29, 1.82) is 0 Å². The van der Waals surface area contributed by atoms with Crippen LogP contribution in [0, 0.1) is 0 Å². The van der Waals surface area contributed by atoms with Gasteiger partial charge in [0.05, 0.1) is 35.6 Å². The Kier molecular flexibility index (Phi) is 7.21. The average Bonchev–Trinajstić information content (AvgIpc) is 3.52. The lowest BCUT2D eigenvalue weighted by Crippen LogP contribution is -2.46. The Balaban J connectivity index is 1.18. The maximum Gasteiger partial charge on any atom is 0.473 e. The number of nitrogen functional groups attached to an aromatic ring is 1. The van der Waals surface area contributed by atoms with Gasteiger partial charge in [0.25, 0.3) is 5.56 Å². The molecule has 240 valence electrons. The first-order valence-electron chi connectivity index (χ1n) is 14.3. The van der Waals surface area contributed by atoms with Crippen LogP contribution in [0.1, 0.15) is 36.3 Å². The van der Waals surface area contributed by atoms with Crippen LogP contribution < -0.4 is 17.0 Å². The molecule has 1 saturated heterocycles. The van der Waals surface area contributed by atoms with Crippen molar-refractivity contribution in [2.75, 3.05) is 12.3 Å². The molecule has 0 radical (unpaired) electrons. The summed E-state index contributed by atoms with van der Waals surface area (Å²) in [7, 11) is -5.17. The predicted octanol–water partition coefficient (Wildman–Crippen LogP) is 0.679. The van der Waals surface area contributed by atoms with Crippen LogP contribution in [-0.2, 0) is 46.6 Å². The van der Waals surface area contributed by atoms with Crippen molar-refractivity contribution in [3.8, 4) is 11.4 Å². The zero-order valence-electron chi connectivity index (χ0n) is 24.2. The fourth-order valence-electron chi connectivity index (χ4n) is 6.17. The van der Waals surface area contributed by atoms with Crippen molar-refractivity contribution in [3.63, 3.8) is 0 Å². The molecule has 6 atom stereocenters. The molecule has 0 spiro atoms. The molecule has 1 aromatic carbocycles. The first-order chi connectivity index (χ1) is 21.9. The highest BCUT2D eigenvalue weighted by molar-refractivity contribution is 7.47. The number of anilines is 1. The number of esters is 1. The number of aliphatic hydroxyl groups excluding tert-OH is 2. The Morgan fingerprint density at radius 2 is 1.91 bits per heavy atom. The Bertz CT molecular complexity index is 2080. The van der Waals surface area contributed by atoms with E-state index < -0.39 is 61.8 Å². The van der Waals surface area contributed by atoms with Crippen LogP contribution in [0.2, 0.25) is 0 Å². The number of carbonyl (C=O) groups is 1. The number of hydrogen-bond donors (Lipinski definition) is 4. The topological polar surface area (TPSA) is 228 Å². The molecule has 17 heteroatoms. The molecule has 6 heterocycles. The van der Waals surface area contributed by atoms with Crippen molar-refractivity contribution in [1.82, 2.24) is 19.1 Å². The van der Waals surface area contributed by atoms with Crippen LogP contribution in [0.15, 0.2) is 58.3 Å². The lowest BCUT2D eigenvalue weighted by Gasteiger charge is -2.36. The van der Waals surface area contributed by atoms with Crippen LogP contribution in [-0.4, -0.2) is 65.1 Å². The molecule has 0 amide bonds. The molecular weight excluding hydrogens is 625 g/mol. The van der Waals surface area contributed by atoms with Crippen LogP contribution >= 0.6 is 7.82 Å². The molecule has 46 heavy (non-hydrogen) atoms. The maximum absolute atomic E-state index is 13.7. The number of nitrogens with zero attached hydrogens (tertiary/aromatic N) is 4. The van der Waals surface area contributed by atoms with Crippen LogP contribution in [0.5, 0.6) is 0 Å². The zero-order valence-corrected chi connectivity index (χ0v) is 25.1. The number of pyridine rings is 2. The molecule has 0 aliphatic carbocycles. The molecular formula is C29H28N5O11P. The number of carbonyl (C=O) groups excluding carboxylic acids is 1. The zero-order chi connectivity index (χ0) is 32.5. The molecule has 0 saturated carbocycles. The number of phosphoric ester groups is 1. The molecule has 5 N–H and O–H groups in total. The Morgan fingerprint density at radius 1 is 1.13 bits per heavy atom. The maximum atomic E-state index is 13.7. The van der Waals surface area contributed by atoms with Gasteiger partial charge in [0.2, 0.25) is 5.60 Å². The minimum Gasteiger partial charge on any atom is -0.458 e. The summed E-state index contributed by atoms with van der Waals surface area (Å²) in [5.41, 5.74) is 4.51. The van der Waals surface area contributed by atoms with E-state index in [2.05, 4.69) is 4.98 Å². The normalized spacial score (nSPS) is 26.3. The summed E-state index contributed by atoms with van der Waals surface area (Å²) in [5, 5.41) is 21.9. The number of hydrogen-bond acceptors (Lipinski definition) is 13. The van der Waals surface area contributed by atoms with Crippen molar-refractivity contribution in [2.45, 2.75) is 56.6 Å². The first-order valence-corrected chi connectivity index (χ1v) is 15.8.